The molecule has 41 heavy (non-hydrogen) atoms. The normalized spacial score (nSPS) is 23.6. The molecule has 3 aliphatic heterocycles. The summed E-state index contributed by atoms with van der Waals surface area (Å²) < 4.78 is 11.7. The van der Waals surface area contributed by atoms with Crippen LogP contribution < -0.4 is 20.2 Å². The first-order valence-electron chi connectivity index (χ1n) is 14.0. The van der Waals surface area contributed by atoms with Crippen molar-refractivity contribution in [2.45, 2.75) is 38.0 Å². The maximum Gasteiger partial charge on any atom is 0.416 e. The number of hydrazine groups is 1. The molecule has 4 aliphatic rings. The standard InChI is InChI=1S/C31H34ClN5O4/c1-20-2-7-25(8-3-20)41-31(39)37-14-12-26-27-16-22(32)6-11-28(27)35-29(26)30(37)21-4-9-24(10-5-21)40-15-13-23(38)17-36-19-33-18-34-36/h2-11,16,19,23,27-28,30,34-35,38H,12-15,17-18H2,1H3/t23?,27?,28?,30-/m0/s1. The molecule has 3 N–H and O–H groups in total. The van der Waals surface area contributed by atoms with Gasteiger partial charge < -0.3 is 19.9 Å². The Balaban J connectivity index is 1.19. The van der Waals surface area contributed by atoms with E-state index in [2.05, 4.69) is 27.9 Å². The van der Waals surface area contributed by atoms with Crippen molar-refractivity contribution in [1.29, 1.82) is 0 Å². The van der Waals surface area contributed by atoms with Crippen LogP contribution in [0.5, 0.6) is 11.5 Å². The van der Waals surface area contributed by atoms with E-state index in [4.69, 9.17) is 21.1 Å². The zero-order chi connectivity index (χ0) is 28.3. The average Bonchev–Trinajstić information content (AvgIpc) is 3.61. The van der Waals surface area contributed by atoms with E-state index in [9.17, 15) is 9.90 Å². The smallest absolute Gasteiger partial charge is 0.416 e. The maximum absolute atomic E-state index is 13.5. The van der Waals surface area contributed by atoms with Crippen LogP contribution in [0.2, 0.25) is 0 Å². The SMILES string of the molecule is Cc1ccc(OC(=O)N2CCC3=C(NC4C=CC(Cl)=CC34)[C@@H]2c2ccc(OCCC(O)CN3C=NCN3)cc2)cc1. The van der Waals surface area contributed by atoms with Crippen LogP contribution in [-0.2, 0) is 0 Å². The molecule has 3 unspecified atom stereocenters. The van der Waals surface area contributed by atoms with Crippen molar-refractivity contribution in [3.05, 3.63) is 94.2 Å². The van der Waals surface area contributed by atoms with E-state index in [0.29, 0.717) is 44.3 Å². The Labute approximate surface area is 244 Å². The zero-order valence-electron chi connectivity index (χ0n) is 22.9. The number of ether oxygens (including phenoxy) is 2. The summed E-state index contributed by atoms with van der Waals surface area (Å²) in [4.78, 5) is 19.4. The second kappa shape index (κ2) is 12.0. The van der Waals surface area contributed by atoms with Gasteiger partial charge in [-0.2, -0.15) is 0 Å². The van der Waals surface area contributed by atoms with Crippen LogP contribution >= 0.6 is 11.6 Å². The van der Waals surface area contributed by atoms with Gasteiger partial charge in [-0.3, -0.25) is 14.9 Å². The first-order valence-corrected chi connectivity index (χ1v) is 14.3. The largest absolute Gasteiger partial charge is 0.493 e. The summed E-state index contributed by atoms with van der Waals surface area (Å²) in [6.45, 7) is 3.89. The summed E-state index contributed by atoms with van der Waals surface area (Å²) in [7, 11) is 0. The number of hydrogen-bond acceptors (Lipinski definition) is 8. The molecule has 3 heterocycles. The number of amides is 1. The van der Waals surface area contributed by atoms with Crippen LogP contribution in [0, 0.1) is 12.8 Å². The molecule has 0 spiro atoms. The van der Waals surface area contributed by atoms with Gasteiger partial charge in [-0.05, 0) is 54.8 Å². The predicted molar refractivity (Wildman–Crippen MR) is 158 cm³/mol. The molecule has 0 radical (unpaired) electrons. The molecular formula is C31H34ClN5O4. The van der Waals surface area contributed by atoms with Gasteiger partial charge in [-0.25, -0.2) is 10.2 Å². The number of β-amino-alcohol motifs (C(OH)–C–C–N with tert-alkyl or cyclic N) is 1. The van der Waals surface area contributed by atoms with E-state index in [1.807, 2.05) is 61.5 Å². The number of carbonyl (C=O) groups is 1. The van der Waals surface area contributed by atoms with Crippen LogP contribution in [0.15, 0.2) is 88.1 Å². The summed E-state index contributed by atoms with van der Waals surface area (Å²) in [5, 5.41) is 16.5. The second-order valence-corrected chi connectivity index (χ2v) is 11.1. The fourth-order valence-electron chi connectivity index (χ4n) is 5.74. The van der Waals surface area contributed by atoms with E-state index in [-0.39, 0.29) is 18.0 Å². The van der Waals surface area contributed by atoms with Gasteiger partial charge in [0, 0.05) is 29.6 Å². The van der Waals surface area contributed by atoms with Crippen molar-refractivity contribution in [3.63, 3.8) is 0 Å². The van der Waals surface area contributed by atoms with Gasteiger partial charge in [0.25, 0.3) is 0 Å². The van der Waals surface area contributed by atoms with Gasteiger partial charge in [-0.1, -0.05) is 53.6 Å². The molecule has 1 amide bonds. The van der Waals surface area contributed by atoms with Gasteiger partial charge in [-0.15, -0.1) is 0 Å². The van der Waals surface area contributed by atoms with Crippen LogP contribution in [0.1, 0.15) is 30.0 Å². The number of aliphatic imine (C=N–C) groups is 1. The van der Waals surface area contributed by atoms with Gasteiger partial charge in [0.15, 0.2) is 0 Å². The number of benzene rings is 2. The molecular weight excluding hydrogens is 542 g/mol. The van der Waals surface area contributed by atoms with Gasteiger partial charge >= 0.3 is 6.09 Å². The summed E-state index contributed by atoms with van der Waals surface area (Å²) >= 11 is 6.37. The maximum atomic E-state index is 13.5. The molecule has 0 aromatic heterocycles. The molecule has 214 valence electrons. The molecule has 9 nitrogen and oxygen atoms in total. The van der Waals surface area contributed by atoms with Crippen LogP contribution in [0.3, 0.4) is 0 Å². The number of nitrogens with one attached hydrogen (secondary N) is 2. The Kier molecular flexibility index (Phi) is 8.00. The topological polar surface area (TPSA) is 98.7 Å². The van der Waals surface area contributed by atoms with Crippen molar-refractivity contribution < 1.29 is 19.4 Å². The number of fused-ring (bicyclic) bond motifs is 2. The second-order valence-electron chi connectivity index (χ2n) is 10.7. The van der Waals surface area contributed by atoms with Crippen LogP contribution in [0.4, 0.5) is 4.79 Å². The van der Waals surface area contributed by atoms with E-state index < -0.39 is 12.2 Å². The van der Waals surface area contributed by atoms with E-state index >= 15 is 0 Å². The molecule has 6 rings (SSSR count). The van der Waals surface area contributed by atoms with Crippen molar-refractivity contribution in [2.24, 2.45) is 10.9 Å². The van der Waals surface area contributed by atoms with Crippen LogP contribution in [-0.4, -0.2) is 66.0 Å². The monoisotopic (exact) mass is 575 g/mol. The minimum Gasteiger partial charge on any atom is -0.493 e. The average molecular weight is 576 g/mol. The Morgan fingerprint density at radius 1 is 1.17 bits per heavy atom. The van der Waals surface area contributed by atoms with E-state index in [1.54, 1.807) is 16.2 Å². The summed E-state index contributed by atoms with van der Waals surface area (Å²) in [6.07, 6.45) is 8.08. The molecule has 0 saturated carbocycles. The fourth-order valence-corrected chi connectivity index (χ4v) is 5.95. The predicted octanol–water partition coefficient (Wildman–Crippen LogP) is 4.41. The Morgan fingerprint density at radius 3 is 2.71 bits per heavy atom. The zero-order valence-corrected chi connectivity index (χ0v) is 23.6. The third-order valence-electron chi connectivity index (χ3n) is 7.84. The highest BCUT2D eigenvalue weighted by molar-refractivity contribution is 6.31. The van der Waals surface area contributed by atoms with Crippen molar-refractivity contribution in [1.82, 2.24) is 20.7 Å². The number of aliphatic hydroxyl groups is 1. The first kappa shape index (κ1) is 27.4. The number of aliphatic hydroxyl groups excluding tert-OH is 1. The highest BCUT2D eigenvalue weighted by Crippen LogP contribution is 2.45. The van der Waals surface area contributed by atoms with Gasteiger partial charge in [0.1, 0.15) is 30.5 Å². The molecule has 10 heteroatoms. The lowest BCUT2D eigenvalue weighted by molar-refractivity contribution is 0.106. The number of carbonyl (C=O) groups excluding carboxylic acids is 1. The quantitative estimate of drug-likeness (QED) is 0.429. The van der Waals surface area contributed by atoms with E-state index in [0.717, 1.165) is 28.3 Å². The number of rotatable bonds is 8. The lowest BCUT2D eigenvalue weighted by Crippen LogP contribution is -2.43. The molecule has 1 aliphatic carbocycles. The first-order chi connectivity index (χ1) is 19.9. The number of allylic oxidation sites excluding steroid dienone is 2. The van der Waals surface area contributed by atoms with Gasteiger partial charge in [0.2, 0.25) is 0 Å². The van der Waals surface area contributed by atoms with Crippen LogP contribution in [0.25, 0.3) is 0 Å². The minimum absolute atomic E-state index is 0.106. The highest BCUT2D eigenvalue weighted by atomic mass is 35.5. The Morgan fingerprint density at radius 2 is 1.95 bits per heavy atom. The molecule has 4 atom stereocenters. The third kappa shape index (κ3) is 6.12. The number of halogens is 1. The lowest BCUT2D eigenvalue weighted by atomic mass is 9.85. The summed E-state index contributed by atoms with van der Waals surface area (Å²) in [6, 6.07) is 15.1. The lowest BCUT2D eigenvalue weighted by Gasteiger charge is -2.37. The number of aryl methyl sites for hydroxylation is 1. The molecule has 0 fully saturated rings. The molecule has 0 saturated heterocycles. The Bertz CT molecular complexity index is 1390. The van der Waals surface area contributed by atoms with Crippen molar-refractivity contribution in [2.75, 3.05) is 26.4 Å². The van der Waals surface area contributed by atoms with Gasteiger partial charge in [0.05, 0.1) is 25.3 Å². The molecule has 2 aromatic rings. The van der Waals surface area contributed by atoms with E-state index in [1.165, 1.54) is 5.57 Å². The summed E-state index contributed by atoms with van der Waals surface area (Å²) in [5.41, 5.74) is 7.39. The van der Waals surface area contributed by atoms with Crippen molar-refractivity contribution in [3.8, 4) is 11.5 Å². The van der Waals surface area contributed by atoms with Crippen molar-refractivity contribution >= 4 is 24.0 Å². The summed E-state index contributed by atoms with van der Waals surface area (Å²) in [5.74, 6) is 1.38. The highest BCUT2D eigenvalue weighted by Gasteiger charge is 2.43. The molecule has 0 bridgehead atoms. The minimum atomic E-state index is -0.541. The number of nitrogens with zero attached hydrogens (tertiary/aromatic N) is 3. The molecule has 2 aromatic carbocycles. The fraction of sp³-hybridized carbons (Fsp3) is 0.355. The number of hydrogen-bond donors (Lipinski definition) is 3. The Hall–Kier alpha value is -3.79. The third-order valence-corrected chi connectivity index (χ3v) is 8.09.